The summed E-state index contributed by atoms with van der Waals surface area (Å²) in [5.74, 6) is -0.0212. The molecule has 0 saturated heterocycles. The summed E-state index contributed by atoms with van der Waals surface area (Å²) in [7, 11) is 1.81. The Kier molecular flexibility index (Phi) is 4.97. The minimum Gasteiger partial charge on any atom is -0.337 e. The summed E-state index contributed by atoms with van der Waals surface area (Å²) in [5, 5.41) is 1.41. The Morgan fingerprint density at radius 3 is 2.50 bits per heavy atom. The third-order valence-corrected chi connectivity index (χ3v) is 5.21. The molecule has 5 heteroatoms. The average molecular weight is 357 g/mol. The maximum Gasteiger partial charge on any atom is 0.265 e. The molecular weight excluding hydrogens is 340 g/mol. The molecule has 1 heterocycles. The molecule has 0 saturated carbocycles. The van der Waals surface area contributed by atoms with Gasteiger partial charge in [0.25, 0.3) is 5.91 Å². The topological polar surface area (TPSA) is 33.2 Å². The predicted octanol–water partition coefficient (Wildman–Crippen LogP) is 5.04. The first-order valence-electron chi connectivity index (χ1n) is 7.58. The fourth-order valence-corrected chi connectivity index (χ4v) is 3.83. The van der Waals surface area contributed by atoms with Gasteiger partial charge in [-0.25, -0.2) is 4.98 Å². The summed E-state index contributed by atoms with van der Waals surface area (Å²) in [6, 6.07) is 17.5. The highest BCUT2D eigenvalue weighted by atomic mass is 35.5. The van der Waals surface area contributed by atoms with Crippen molar-refractivity contribution in [3.8, 4) is 10.6 Å². The number of benzene rings is 2. The maximum atomic E-state index is 12.8. The SMILES string of the molecule is Cc1nc(-c2ccccc2Cl)sc1C(=O)N(C)Cc1ccccc1. The van der Waals surface area contributed by atoms with Gasteiger partial charge in [-0.2, -0.15) is 0 Å². The first-order valence-corrected chi connectivity index (χ1v) is 8.77. The van der Waals surface area contributed by atoms with Gasteiger partial charge in [-0.05, 0) is 18.6 Å². The van der Waals surface area contributed by atoms with E-state index in [1.807, 2.05) is 68.6 Å². The van der Waals surface area contributed by atoms with Crippen molar-refractivity contribution in [2.75, 3.05) is 7.05 Å². The lowest BCUT2D eigenvalue weighted by molar-refractivity contribution is 0.0789. The number of carbonyl (C=O) groups excluding carboxylic acids is 1. The van der Waals surface area contributed by atoms with Crippen LogP contribution in [-0.2, 0) is 6.54 Å². The molecule has 24 heavy (non-hydrogen) atoms. The number of carbonyl (C=O) groups is 1. The molecule has 122 valence electrons. The second-order valence-corrected chi connectivity index (χ2v) is 6.97. The molecule has 0 unspecified atom stereocenters. The minimum atomic E-state index is -0.0212. The first-order chi connectivity index (χ1) is 11.6. The van der Waals surface area contributed by atoms with E-state index >= 15 is 0 Å². The van der Waals surface area contributed by atoms with E-state index in [9.17, 15) is 4.79 Å². The highest BCUT2D eigenvalue weighted by Gasteiger charge is 2.20. The largest absolute Gasteiger partial charge is 0.337 e. The van der Waals surface area contributed by atoms with Crippen LogP contribution in [0.25, 0.3) is 10.6 Å². The molecule has 0 aliphatic heterocycles. The van der Waals surface area contributed by atoms with Crippen molar-refractivity contribution < 1.29 is 4.79 Å². The lowest BCUT2D eigenvalue weighted by Gasteiger charge is -2.16. The number of aromatic nitrogens is 1. The van der Waals surface area contributed by atoms with Crippen molar-refractivity contribution >= 4 is 28.8 Å². The summed E-state index contributed by atoms with van der Waals surface area (Å²) >= 11 is 7.63. The van der Waals surface area contributed by atoms with Crippen molar-refractivity contribution in [1.29, 1.82) is 0 Å². The number of thiazole rings is 1. The van der Waals surface area contributed by atoms with Crippen LogP contribution in [0.15, 0.2) is 54.6 Å². The summed E-state index contributed by atoms with van der Waals surface area (Å²) < 4.78 is 0. The molecular formula is C19H17ClN2OS. The third-order valence-electron chi connectivity index (χ3n) is 3.70. The second kappa shape index (κ2) is 7.16. The van der Waals surface area contributed by atoms with E-state index in [0.29, 0.717) is 16.4 Å². The van der Waals surface area contributed by atoms with Gasteiger partial charge in [0.05, 0.1) is 10.7 Å². The zero-order chi connectivity index (χ0) is 17.1. The number of rotatable bonds is 4. The van der Waals surface area contributed by atoms with Crippen LogP contribution in [0.3, 0.4) is 0 Å². The fourth-order valence-electron chi connectivity index (χ4n) is 2.45. The van der Waals surface area contributed by atoms with Crippen molar-refractivity contribution in [2.24, 2.45) is 0 Å². The molecule has 0 bridgehead atoms. The Labute approximate surface area is 150 Å². The number of hydrogen-bond donors (Lipinski definition) is 0. The molecule has 1 aromatic heterocycles. The standard InChI is InChI=1S/C19H17ClN2OS/c1-13-17(19(23)22(2)12-14-8-4-3-5-9-14)24-18(21-13)15-10-6-7-11-16(15)20/h3-11H,12H2,1-2H3. The van der Waals surface area contributed by atoms with Crippen LogP contribution < -0.4 is 0 Å². The summed E-state index contributed by atoms with van der Waals surface area (Å²) in [4.78, 5) is 19.7. The van der Waals surface area contributed by atoms with E-state index in [0.717, 1.165) is 21.8 Å². The van der Waals surface area contributed by atoms with Crippen LogP contribution in [0.5, 0.6) is 0 Å². The highest BCUT2D eigenvalue weighted by Crippen LogP contribution is 2.33. The van der Waals surface area contributed by atoms with Gasteiger partial charge in [-0.15, -0.1) is 11.3 Å². The van der Waals surface area contributed by atoms with Crippen molar-refractivity contribution in [1.82, 2.24) is 9.88 Å². The molecule has 0 atom stereocenters. The van der Waals surface area contributed by atoms with Gasteiger partial charge in [0.1, 0.15) is 9.88 Å². The molecule has 2 aromatic carbocycles. The van der Waals surface area contributed by atoms with Gasteiger partial charge < -0.3 is 4.90 Å². The van der Waals surface area contributed by atoms with Crippen LogP contribution >= 0.6 is 22.9 Å². The molecule has 3 rings (SSSR count). The monoisotopic (exact) mass is 356 g/mol. The van der Waals surface area contributed by atoms with Crippen LogP contribution in [0.2, 0.25) is 5.02 Å². The Balaban J connectivity index is 1.84. The number of amides is 1. The maximum absolute atomic E-state index is 12.8. The van der Waals surface area contributed by atoms with Gasteiger partial charge in [0.2, 0.25) is 0 Å². The van der Waals surface area contributed by atoms with Crippen LogP contribution in [0, 0.1) is 6.92 Å². The third kappa shape index (κ3) is 3.50. The van der Waals surface area contributed by atoms with E-state index in [1.165, 1.54) is 11.3 Å². The molecule has 0 fully saturated rings. The van der Waals surface area contributed by atoms with E-state index in [2.05, 4.69) is 4.98 Å². The van der Waals surface area contributed by atoms with Crippen LogP contribution in [-0.4, -0.2) is 22.8 Å². The minimum absolute atomic E-state index is 0.0212. The van der Waals surface area contributed by atoms with Gasteiger partial charge in [0, 0.05) is 19.2 Å². The van der Waals surface area contributed by atoms with Gasteiger partial charge in [-0.3, -0.25) is 4.79 Å². The molecule has 0 aliphatic rings. The molecule has 3 aromatic rings. The van der Waals surface area contributed by atoms with Crippen LogP contribution in [0.4, 0.5) is 0 Å². The Morgan fingerprint density at radius 1 is 1.12 bits per heavy atom. The van der Waals surface area contributed by atoms with E-state index < -0.39 is 0 Å². The van der Waals surface area contributed by atoms with Crippen LogP contribution in [0.1, 0.15) is 20.9 Å². The molecule has 0 spiro atoms. The number of hydrogen-bond acceptors (Lipinski definition) is 3. The summed E-state index contributed by atoms with van der Waals surface area (Å²) in [6.07, 6.45) is 0. The molecule has 0 aliphatic carbocycles. The zero-order valence-electron chi connectivity index (χ0n) is 13.5. The fraction of sp³-hybridized carbons (Fsp3) is 0.158. The zero-order valence-corrected chi connectivity index (χ0v) is 15.1. The molecule has 0 N–H and O–H groups in total. The number of halogens is 1. The van der Waals surface area contributed by atoms with Crippen molar-refractivity contribution in [2.45, 2.75) is 13.5 Å². The predicted molar refractivity (Wildman–Crippen MR) is 99.5 cm³/mol. The van der Waals surface area contributed by atoms with Gasteiger partial charge in [0.15, 0.2) is 0 Å². The highest BCUT2D eigenvalue weighted by molar-refractivity contribution is 7.17. The van der Waals surface area contributed by atoms with Gasteiger partial charge >= 0.3 is 0 Å². The van der Waals surface area contributed by atoms with Crippen molar-refractivity contribution in [3.63, 3.8) is 0 Å². The van der Waals surface area contributed by atoms with Crippen molar-refractivity contribution in [3.05, 3.63) is 75.8 Å². The molecule has 3 nitrogen and oxygen atoms in total. The summed E-state index contributed by atoms with van der Waals surface area (Å²) in [5.41, 5.74) is 2.69. The quantitative estimate of drug-likeness (QED) is 0.655. The lowest BCUT2D eigenvalue weighted by Crippen LogP contribution is -2.26. The average Bonchev–Trinajstić information content (AvgIpc) is 2.97. The Hall–Kier alpha value is -2.17. The number of nitrogens with zero attached hydrogens (tertiary/aromatic N) is 2. The normalized spacial score (nSPS) is 10.6. The van der Waals surface area contributed by atoms with Gasteiger partial charge in [-0.1, -0.05) is 60.1 Å². The van der Waals surface area contributed by atoms with E-state index in [-0.39, 0.29) is 5.91 Å². The van der Waals surface area contributed by atoms with E-state index in [1.54, 1.807) is 4.90 Å². The smallest absolute Gasteiger partial charge is 0.265 e. The first kappa shape index (κ1) is 16.7. The molecule has 0 radical (unpaired) electrons. The lowest BCUT2D eigenvalue weighted by atomic mass is 10.2. The Morgan fingerprint density at radius 2 is 1.79 bits per heavy atom. The second-order valence-electron chi connectivity index (χ2n) is 5.56. The summed E-state index contributed by atoms with van der Waals surface area (Å²) in [6.45, 7) is 2.43. The molecule has 1 amide bonds. The number of aryl methyl sites for hydroxylation is 1. The Bertz CT molecular complexity index is 861. The van der Waals surface area contributed by atoms with E-state index in [4.69, 9.17) is 11.6 Å².